The summed E-state index contributed by atoms with van der Waals surface area (Å²) < 4.78 is 6.57. The highest BCUT2D eigenvalue weighted by Gasteiger charge is 2.20. The van der Waals surface area contributed by atoms with Crippen LogP contribution in [0, 0.1) is 0 Å². The lowest BCUT2D eigenvalue weighted by atomic mass is 10.2. The van der Waals surface area contributed by atoms with Crippen molar-refractivity contribution in [2.45, 2.75) is 20.4 Å². The second kappa shape index (κ2) is 9.21. The van der Waals surface area contributed by atoms with Crippen molar-refractivity contribution in [2.75, 3.05) is 20.2 Å². The van der Waals surface area contributed by atoms with Gasteiger partial charge in [0.1, 0.15) is 12.3 Å². The molecule has 0 spiro atoms. The summed E-state index contributed by atoms with van der Waals surface area (Å²) in [6.45, 7) is 4.94. The second-order valence-electron chi connectivity index (χ2n) is 6.58. The Hall–Kier alpha value is -3.68. The van der Waals surface area contributed by atoms with Gasteiger partial charge in [0, 0.05) is 24.0 Å². The number of para-hydroxylation sites is 1. The fourth-order valence-electron chi connectivity index (χ4n) is 3.23. The molecule has 0 bridgehead atoms. The van der Waals surface area contributed by atoms with Gasteiger partial charge in [-0.15, -0.1) is 10.2 Å². The van der Waals surface area contributed by atoms with Gasteiger partial charge in [0.15, 0.2) is 5.69 Å². The zero-order chi connectivity index (χ0) is 21.7. The Labute approximate surface area is 174 Å². The Morgan fingerprint density at radius 3 is 2.37 bits per heavy atom. The second-order valence-corrected chi connectivity index (χ2v) is 6.58. The van der Waals surface area contributed by atoms with Crippen LogP contribution in [0.2, 0.25) is 0 Å². The number of carbonyl (C=O) groups excluding carboxylic acids is 2. The summed E-state index contributed by atoms with van der Waals surface area (Å²) in [6.07, 6.45) is 0. The number of azo groups is 1. The number of methoxy groups -OCH3 is 1. The van der Waals surface area contributed by atoms with Gasteiger partial charge in [-0.2, -0.15) is 0 Å². The molecule has 8 heteroatoms. The van der Waals surface area contributed by atoms with Crippen LogP contribution in [0.15, 0.2) is 58.8 Å². The van der Waals surface area contributed by atoms with Crippen molar-refractivity contribution >= 4 is 28.4 Å². The highest BCUT2D eigenvalue weighted by molar-refractivity contribution is 5.98. The SMILES string of the molecule is CCN(CC)C(=O)Cn1c(O)c(N=NC(=O)c2ccc(OC)cc2)c2ccccc21. The van der Waals surface area contributed by atoms with Gasteiger partial charge in [0.25, 0.3) is 5.91 Å². The topological polar surface area (TPSA) is 96.5 Å². The van der Waals surface area contributed by atoms with Crippen LogP contribution in [-0.4, -0.2) is 46.6 Å². The average molecular weight is 408 g/mol. The van der Waals surface area contributed by atoms with E-state index in [1.807, 2.05) is 19.9 Å². The van der Waals surface area contributed by atoms with Gasteiger partial charge in [-0.3, -0.25) is 9.59 Å². The average Bonchev–Trinajstić information content (AvgIpc) is 3.04. The van der Waals surface area contributed by atoms with Crippen molar-refractivity contribution in [3.63, 3.8) is 0 Å². The molecule has 1 N–H and O–H groups in total. The van der Waals surface area contributed by atoms with Crippen LogP contribution in [0.3, 0.4) is 0 Å². The fraction of sp³-hybridized carbons (Fsp3) is 0.273. The van der Waals surface area contributed by atoms with Gasteiger partial charge < -0.3 is 19.3 Å². The van der Waals surface area contributed by atoms with Crippen LogP contribution in [0.5, 0.6) is 11.6 Å². The maximum atomic E-state index is 12.6. The molecule has 0 fully saturated rings. The summed E-state index contributed by atoms with van der Waals surface area (Å²) in [5.74, 6) is -0.244. The lowest BCUT2D eigenvalue weighted by Gasteiger charge is -2.19. The Morgan fingerprint density at radius 2 is 1.73 bits per heavy atom. The van der Waals surface area contributed by atoms with Crippen LogP contribution in [0.4, 0.5) is 5.69 Å². The molecular weight excluding hydrogens is 384 g/mol. The van der Waals surface area contributed by atoms with E-state index in [1.54, 1.807) is 54.5 Å². The number of rotatable bonds is 7. The Kier molecular flexibility index (Phi) is 6.46. The van der Waals surface area contributed by atoms with Crippen LogP contribution >= 0.6 is 0 Å². The first-order chi connectivity index (χ1) is 14.5. The third-order valence-electron chi connectivity index (χ3n) is 4.90. The van der Waals surface area contributed by atoms with E-state index in [1.165, 1.54) is 4.57 Å². The first-order valence-electron chi connectivity index (χ1n) is 9.68. The molecule has 0 radical (unpaired) electrons. The number of ether oxygens (including phenoxy) is 1. The van der Waals surface area contributed by atoms with Crippen molar-refractivity contribution < 1.29 is 19.4 Å². The Bertz CT molecular complexity index is 1080. The molecule has 0 aliphatic carbocycles. The van der Waals surface area contributed by atoms with Gasteiger partial charge in [0.05, 0.1) is 12.6 Å². The lowest BCUT2D eigenvalue weighted by Crippen LogP contribution is -2.33. The van der Waals surface area contributed by atoms with Gasteiger partial charge in [-0.1, -0.05) is 18.2 Å². The summed E-state index contributed by atoms with van der Waals surface area (Å²) >= 11 is 0. The van der Waals surface area contributed by atoms with Gasteiger partial charge >= 0.3 is 0 Å². The Morgan fingerprint density at radius 1 is 1.07 bits per heavy atom. The third-order valence-corrected chi connectivity index (χ3v) is 4.90. The van der Waals surface area contributed by atoms with E-state index in [4.69, 9.17) is 4.74 Å². The van der Waals surface area contributed by atoms with Crippen molar-refractivity contribution in [2.24, 2.45) is 10.2 Å². The fourth-order valence-corrected chi connectivity index (χ4v) is 3.23. The summed E-state index contributed by atoms with van der Waals surface area (Å²) in [5, 5.41) is 19.1. The van der Waals surface area contributed by atoms with Crippen LogP contribution in [-0.2, 0) is 11.3 Å². The van der Waals surface area contributed by atoms with Gasteiger partial charge in [-0.05, 0) is 44.2 Å². The van der Waals surface area contributed by atoms with E-state index in [-0.39, 0.29) is 24.0 Å². The molecule has 2 aromatic carbocycles. The minimum absolute atomic E-state index is 0.0318. The number of aromatic nitrogens is 1. The minimum atomic E-state index is -0.548. The number of likely N-dealkylation sites (N-methyl/N-ethyl adjacent to an activating group) is 1. The zero-order valence-corrected chi connectivity index (χ0v) is 17.2. The number of hydrogen-bond donors (Lipinski definition) is 1. The summed E-state index contributed by atoms with van der Waals surface area (Å²) in [7, 11) is 1.54. The quantitative estimate of drug-likeness (QED) is 0.594. The lowest BCUT2D eigenvalue weighted by molar-refractivity contribution is -0.131. The predicted octanol–water partition coefficient (Wildman–Crippen LogP) is 4.15. The van der Waals surface area contributed by atoms with E-state index in [0.29, 0.717) is 35.3 Å². The van der Waals surface area contributed by atoms with E-state index in [0.717, 1.165) is 0 Å². The van der Waals surface area contributed by atoms with Crippen molar-refractivity contribution in [1.29, 1.82) is 0 Å². The molecule has 30 heavy (non-hydrogen) atoms. The molecule has 0 aliphatic rings. The molecule has 2 amide bonds. The molecule has 0 saturated heterocycles. The molecule has 3 aromatic rings. The summed E-state index contributed by atoms with van der Waals surface area (Å²) in [6, 6.07) is 13.6. The van der Waals surface area contributed by atoms with Crippen molar-refractivity contribution in [3.8, 4) is 11.6 Å². The maximum Gasteiger partial charge on any atom is 0.295 e. The molecular formula is C22H24N4O4. The first kappa shape index (κ1) is 21.0. The highest BCUT2D eigenvalue weighted by atomic mass is 16.5. The highest BCUT2D eigenvalue weighted by Crippen LogP contribution is 2.38. The molecule has 0 unspecified atom stereocenters. The number of benzene rings is 2. The number of carbonyl (C=O) groups is 2. The summed E-state index contributed by atoms with van der Waals surface area (Å²) in [4.78, 5) is 26.6. The molecule has 0 saturated carbocycles. The number of amides is 2. The number of fused-ring (bicyclic) bond motifs is 1. The standard InChI is InChI=1S/C22H24N4O4/c1-4-25(5-2)19(27)14-26-18-9-7-6-8-17(18)20(22(26)29)23-24-21(28)15-10-12-16(30-3)13-11-15/h6-13,29H,4-5,14H2,1-3H3. The van der Waals surface area contributed by atoms with Gasteiger partial charge in [-0.25, -0.2) is 0 Å². The monoisotopic (exact) mass is 408 g/mol. The molecule has 0 aliphatic heterocycles. The van der Waals surface area contributed by atoms with E-state index < -0.39 is 5.91 Å². The predicted molar refractivity (Wildman–Crippen MR) is 113 cm³/mol. The first-order valence-corrected chi connectivity index (χ1v) is 9.68. The largest absolute Gasteiger partial charge is 0.497 e. The zero-order valence-electron chi connectivity index (χ0n) is 17.2. The van der Waals surface area contributed by atoms with Gasteiger partial charge in [0.2, 0.25) is 11.8 Å². The Balaban J connectivity index is 1.94. The van der Waals surface area contributed by atoms with Crippen molar-refractivity contribution in [3.05, 3.63) is 54.1 Å². The molecule has 1 aromatic heterocycles. The summed E-state index contributed by atoms with van der Waals surface area (Å²) in [5.41, 5.74) is 1.14. The van der Waals surface area contributed by atoms with E-state index in [9.17, 15) is 14.7 Å². The van der Waals surface area contributed by atoms with Crippen molar-refractivity contribution in [1.82, 2.24) is 9.47 Å². The van der Waals surface area contributed by atoms with Crippen LogP contribution in [0.25, 0.3) is 10.9 Å². The molecule has 1 heterocycles. The van der Waals surface area contributed by atoms with E-state index in [2.05, 4.69) is 10.2 Å². The number of aromatic hydroxyl groups is 1. The van der Waals surface area contributed by atoms with Crippen LogP contribution < -0.4 is 4.74 Å². The molecule has 8 nitrogen and oxygen atoms in total. The smallest absolute Gasteiger partial charge is 0.295 e. The number of hydrogen-bond acceptors (Lipinski definition) is 5. The molecule has 3 rings (SSSR count). The van der Waals surface area contributed by atoms with Crippen LogP contribution in [0.1, 0.15) is 24.2 Å². The molecule has 0 atom stereocenters. The minimum Gasteiger partial charge on any atom is -0.497 e. The number of nitrogens with zero attached hydrogens (tertiary/aromatic N) is 4. The normalized spacial score (nSPS) is 11.2. The maximum absolute atomic E-state index is 12.6. The third kappa shape index (κ3) is 4.17. The molecule has 156 valence electrons. The van der Waals surface area contributed by atoms with E-state index >= 15 is 0 Å².